The Morgan fingerprint density at radius 2 is 1.86 bits per heavy atom. The van der Waals surface area contributed by atoms with E-state index in [1.165, 1.54) is 0 Å². The number of rotatable bonds is 5. The number of hydrogen-bond donors (Lipinski definition) is 3. The molecule has 1 aliphatic rings. The summed E-state index contributed by atoms with van der Waals surface area (Å²) in [6.07, 6.45) is 2.52. The molecular weight excluding hydrogens is 268 g/mol. The highest BCUT2D eigenvalue weighted by molar-refractivity contribution is 5.94. The molecule has 5 heteroatoms. The quantitative estimate of drug-likeness (QED) is 0.773. The Morgan fingerprint density at radius 3 is 2.43 bits per heavy atom. The first-order chi connectivity index (χ1) is 10.1. The maximum atomic E-state index is 11.7. The second-order valence-corrected chi connectivity index (χ2v) is 5.63. The van der Waals surface area contributed by atoms with E-state index in [-0.39, 0.29) is 31.3 Å². The van der Waals surface area contributed by atoms with Gasteiger partial charge < -0.3 is 20.5 Å². The summed E-state index contributed by atoms with van der Waals surface area (Å²) < 4.78 is 5.73. The van der Waals surface area contributed by atoms with Gasteiger partial charge in [-0.25, -0.2) is 0 Å². The predicted octanol–water partition coefficient (Wildman–Crippen LogP) is 1.78. The van der Waals surface area contributed by atoms with Gasteiger partial charge in [0.25, 0.3) is 5.91 Å². The number of carbonyl (C=O) groups is 1. The summed E-state index contributed by atoms with van der Waals surface area (Å²) in [5.74, 6) is -0.163. The number of amides is 1. The minimum absolute atomic E-state index is 0.0501. The number of benzene rings is 1. The van der Waals surface area contributed by atoms with Gasteiger partial charge in [0.1, 0.15) is 0 Å². The fourth-order valence-corrected chi connectivity index (χ4v) is 2.75. The van der Waals surface area contributed by atoms with Crippen LogP contribution in [0, 0.1) is 0 Å². The van der Waals surface area contributed by atoms with E-state index in [1.807, 2.05) is 12.1 Å². The van der Waals surface area contributed by atoms with E-state index in [2.05, 4.69) is 24.5 Å². The third kappa shape index (κ3) is 4.72. The standard InChI is InChI=1S/C16H24N2O3/c1-11-9-15(10-12(2)21-11)18-14-5-3-13(4-6-14)16(20)17-7-8-19/h3-6,11-12,15,18-19H,7-10H2,1-2H3,(H,17,20). The molecule has 1 aliphatic heterocycles. The average Bonchev–Trinajstić information content (AvgIpc) is 2.44. The van der Waals surface area contributed by atoms with Crippen molar-refractivity contribution in [3.8, 4) is 0 Å². The molecule has 116 valence electrons. The molecule has 2 atom stereocenters. The van der Waals surface area contributed by atoms with E-state index in [9.17, 15) is 4.79 Å². The Bertz CT molecular complexity index is 451. The zero-order valence-corrected chi connectivity index (χ0v) is 12.6. The predicted molar refractivity (Wildman–Crippen MR) is 82.5 cm³/mol. The Hall–Kier alpha value is -1.59. The fraction of sp³-hybridized carbons (Fsp3) is 0.562. The lowest BCUT2D eigenvalue weighted by atomic mass is 9.99. The normalized spacial score (nSPS) is 25.4. The van der Waals surface area contributed by atoms with Gasteiger partial charge in [0.15, 0.2) is 0 Å². The van der Waals surface area contributed by atoms with Crippen molar-refractivity contribution in [2.75, 3.05) is 18.5 Å². The lowest BCUT2D eigenvalue weighted by molar-refractivity contribution is -0.0337. The number of nitrogens with one attached hydrogen (secondary N) is 2. The maximum absolute atomic E-state index is 11.7. The van der Waals surface area contributed by atoms with Crippen molar-refractivity contribution in [3.63, 3.8) is 0 Å². The van der Waals surface area contributed by atoms with Gasteiger partial charge in [-0.05, 0) is 51.0 Å². The SMILES string of the molecule is CC1CC(Nc2ccc(C(=O)NCCO)cc2)CC(C)O1. The smallest absolute Gasteiger partial charge is 0.251 e. The van der Waals surface area contributed by atoms with Gasteiger partial charge in [0.2, 0.25) is 0 Å². The van der Waals surface area contributed by atoms with Crippen LogP contribution in [0.1, 0.15) is 37.0 Å². The highest BCUT2D eigenvalue weighted by Crippen LogP contribution is 2.22. The first kappa shape index (κ1) is 15.8. The van der Waals surface area contributed by atoms with Gasteiger partial charge >= 0.3 is 0 Å². The maximum Gasteiger partial charge on any atom is 0.251 e. The Kier molecular flexibility index (Phi) is 5.59. The van der Waals surface area contributed by atoms with E-state index in [1.54, 1.807) is 12.1 Å². The largest absolute Gasteiger partial charge is 0.395 e. The minimum atomic E-state index is -0.163. The summed E-state index contributed by atoms with van der Waals surface area (Å²) in [7, 11) is 0. The highest BCUT2D eigenvalue weighted by Gasteiger charge is 2.24. The van der Waals surface area contributed by atoms with Gasteiger partial charge in [0.05, 0.1) is 18.8 Å². The highest BCUT2D eigenvalue weighted by atomic mass is 16.5. The summed E-state index contributed by atoms with van der Waals surface area (Å²) in [5.41, 5.74) is 1.61. The molecular formula is C16H24N2O3. The summed E-state index contributed by atoms with van der Waals surface area (Å²) in [6.45, 7) is 4.42. The zero-order chi connectivity index (χ0) is 15.2. The number of aliphatic hydroxyl groups excluding tert-OH is 1. The molecule has 1 aromatic carbocycles. The van der Waals surface area contributed by atoms with Crippen LogP contribution in [-0.4, -0.2) is 42.4 Å². The molecule has 0 saturated carbocycles. The number of ether oxygens (including phenoxy) is 1. The molecule has 1 saturated heterocycles. The van der Waals surface area contributed by atoms with Crippen LogP contribution in [-0.2, 0) is 4.74 Å². The third-order valence-corrected chi connectivity index (χ3v) is 3.61. The topological polar surface area (TPSA) is 70.6 Å². The average molecular weight is 292 g/mol. The van der Waals surface area contributed by atoms with Crippen molar-refractivity contribution in [1.29, 1.82) is 0 Å². The van der Waals surface area contributed by atoms with Crippen LogP contribution in [0.2, 0.25) is 0 Å². The van der Waals surface area contributed by atoms with E-state index in [0.29, 0.717) is 11.6 Å². The van der Waals surface area contributed by atoms with E-state index in [4.69, 9.17) is 9.84 Å². The van der Waals surface area contributed by atoms with Crippen molar-refractivity contribution in [3.05, 3.63) is 29.8 Å². The second-order valence-electron chi connectivity index (χ2n) is 5.63. The monoisotopic (exact) mass is 292 g/mol. The van der Waals surface area contributed by atoms with Crippen LogP contribution < -0.4 is 10.6 Å². The van der Waals surface area contributed by atoms with Crippen LogP contribution in [0.25, 0.3) is 0 Å². The second kappa shape index (κ2) is 7.43. The number of carbonyl (C=O) groups excluding carboxylic acids is 1. The van der Waals surface area contributed by atoms with Gasteiger partial charge in [-0.1, -0.05) is 0 Å². The van der Waals surface area contributed by atoms with Gasteiger partial charge in [-0.15, -0.1) is 0 Å². The molecule has 0 bridgehead atoms. The molecule has 5 nitrogen and oxygen atoms in total. The number of aliphatic hydroxyl groups is 1. The van der Waals surface area contributed by atoms with E-state index >= 15 is 0 Å². The first-order valence-corrected chi connectivity index (χ1v) is 7.49. The molecule has 1 fully saturated rings. The van der Waals surface area contributed by atoms with Gasteiger partial charge in [-0.3, -0.25) is 4.79 Å². The summed E-state index contributed by atoms with van der Waals surface area (Å²) >= 11 is 0. The molecule has 3 N–H and O–H groups in total. The number of anilines is 1. The summed E-state index contributed by atoms with van der Waals surface area (Å²) in [4.78, 5) is 11.7. The molecule has 2 rings (SSSR count). The Balaban J connectivity index is 1.91. The molecule has 2 unspecified atom stereocenters. The van der Waals surface area contributed by atoms with Crippen LogP contribution in [0.5, 0.6) is 0 Å². The van der Waals surface area contributed by atoms with Crippen molar-refractivity contribution in [2.24, 2.45) is 0 Å². The molecule has 1 aromatic rings. The molecule has 0 aromatic heterocycles. The van der Waals surface area contributed by atoms with Crippen LogP contribution in [0.15, 0.2) is 24.3 Å². The van der Waals surface area contributed by atoms with Gasteiger partial charge in [0, 0.05) is 23.8 Å². The Labute approximate surface area is 125 Å². The fourth-order valence-electron chi connectivity index (χ4n) is 2.75. The molecule has 21 heavy (non-hydrogen) atoms. The molecule has 0 spiro atoms. The zero-order valence-electron chi connectivity index (χ0n) is 12.6. The molecule has 0 aliphatic carbocycles. The van der Waals surface area contributed by atoms with Crippen molar-refractivity contribution in [1.82, 2.24) is 5.32 Å². The summed E-state index contributed by atoms with van der Waals surface area (Å²) in [5, 5.41) is 14.8. The van der Waals surface area contributed by atoms with Gasteiger partial charge in [-0.2, -0.15) is 0 Å². The lowest BCUT2D eigenvalue weighted by Gasteiger charge is -2.33. The van der Waals surface area contributed by atoms with Crippen LogP contribution >= 0.6 is 0 Å². The lowest BCUT2D eigenvalue weighted by Crippen LogP contribution is -2.36. The van der Waals surface area contributed by atoms with Crippen molar-refractivity contribution in [2.45, 2.75) is 44.9 Å². The first-order valence-electron chi connectivity index (χ1n) is 7.49. The van der Waals surface area contributed by atoms with Crippen LogP contribution in [0.3, 0.4) is 0 Å². The molecule has 0 radical (unpaired) electrons. The van der Waals surface area contributed by atoms with E-state index < -0.39 is 0 Å². The van der Waals surface area contributed by atoms with Crippen LogP contribution in [0.4, 0.5) is 5.69 Å². The third-order valence-electron chi connectivity index (χ3n) is 3.61. The number of hydrogen-bond acceptors (Lipinski definition) is 4. The Morgan fingerprint density at radius 1 is 1.24 bits per heavy atom. The van der Waals surface area contributed by atoms with Crippen molar-refractivity contribution < 1.29 is 14.6 Å². The molecule has 1 amide bonds. The summed E-state index contributed by atoms with van der Waals surface area (Å²) in [6, 6.07) is 7.82. The van der Waals surface area contributed by atoms with Crippen molar-refractivity contribution >= 4 is 11.6 Å². The van der Waals surface area contributed by atoms with E-state index in [0.717, 1.165) is 18.5 Å². The minimum Gasteiger partial charge on any atom is -0.395 e. The molecule has 1 heterocycles.